The van der Waals surface area contributed by atoms with E-state index in [0.29, 0.717) is 29.2 Å². The van der Waals surface area contributed by atoms with Gasteiger partial charge < -0.3 is 20.6 Å². The molecule has 0 aliphatic heterocycles. The Labute approximate surface area is 161 Å². The fourth-order valence-electron chi connectivity index (χ4n) is 3.22. The number of nitrogens with zero attached hydrogens (tertiary/aromatic N) is 2. The first-order valence-electron chi connectivity index (χ1n) is 8.60. The molecule has 3 rings (SSSR count). The zero-order chi connectivity index (χ0) is 19.6. The summed E-state index contributed by atoms with van der Waals surface area (Å²) < 4.78 is 13.4. The van der Waals surface area contributed by atoms with Crippen LogP contribution in [0.1, 0.15) is 23.4 Å². The van der Waals surface area contributed by atoms with Crippen molar-refractivity contribution in [2.24, 2.45) is 5.92 Å². The van der Waals surface area contributed by atoms with E-state index in [9.17, 15) is 19.7 Å². The van der Waals surface area contributed by atoms with Crippen LogP contribution >= 0.6 is 11.6 Å². The normalized spacial score (nSPS) is 25.3. The highest BCUT2D eigenvalue weighted by molar-refractivity contribution is 6.31. The number of aryl methyl sites for hydroxylation is 1. The Kier molecular flexibility index (Phi) is 6.06. The van der Waals surface area contributed by atoms with Gasteiger partial charge in [0.1, 0.15) is 28.7 Å². The fourth-order valence-corrected chi connectivity index (χ4v) is 3.49. The topological polar surface area (TPSA) is 98.5 Å². The number of nitrogens with one attached hydrogen (secondary N) is 1. The minimum atomic E-state index is -1.05. The molecular formula is C19H21ClFN3O3. The molecule has 1 aromatic heterocycles. The Bertz CT molecular complexity index is 849. The van der Waals surface area contributed by atoms with E-state index in [0.717, 1.165) is 0 Å². The van der Waals surface area contributed by atoms with Crippen LogP contribution in [-0.2, 0) is 0 Å². The van der Waals surface area contributed by atoms with Crippen LogP contribution in [0, 0.1) is 18.7 Å². The van der Waals surface area contributed by atoms with E-state index in [1.807, 2.05) is 0 Å². The van der Waals surface area contributed by atoms with Gasteiger partial charge in [-0.1, -0.05) is 29.8 Å². The second-order valence-corrected chi connectivity index (χ2v) is 6.98. The quantitative estimate of drug-likeness (QED) is 0.582. The van der Waals surface area contributed by atoms with Gasteiger partial charge in [-0.3, -0.25) is 0 Å². The van der Waals surface area contributed by atoms with Crippen LogP contribution in [0.2, 0.25) is 5.15 Å². The molecule has 27 heavy (non-hydrogen) atoms. The maximum Gasteiger partial charge on any atom is 0.142 e. The average Bonchev–Trinajstić information content (AvgIpc) is 2.89. The number of aromatic nitrogens is 2. The Balaban J connectivity index is 1.89. The first kappa shape index (κ1) is 19.7. The Hall–Kier alpha value is -2.06. The summed E-state index contributed by atoms with van der Waals surface area (Å²) in [6.45, 7) is 1.47. The minimum Gasteiger partial charge on any atom is -0.396 e. The van der Waals surface area contributed by atoms with E-state index in [4.69, 9.17) is 11.6 Å². The molecular weight excluding hydrogens is 373 g/mol. The van der Waals surface area contributed by atoms with Gasteiger partial charge in [0.25, 0.3) is 0 Å². The van der Waals surface area contributed by atoms with Crippen LogP contribution < -0.4 is 5.32 Å². The molecule has 0 radical (unpaired) electrons. The molecule has 1 fully saturated rings. The first-order chi connectivity index (χ1) is 12.9. The molecule has 1 saturated carbocycles. The van der Waals surface area contributed by atoms with E-state index in [1.165, 1.54) is 12.1 Å². The van der Waals surface area contributed by atoms with Gasteiger partial charge in [-0.2, -0.15) is 0 Å². The Morgan fingerprint density at radius 2 is 2.04 bits per heavy atom. The zero-order valence-corrected chi connectivity index (χ0v) is 15.4. The lowest BCUT2D eigenvalue weighted by molar-refractivity contribution is 0.00445. The standard InChI is InChI=1S/C19H21ClFN3O3/c1-10-22-18(20)14(6-5-11-3-2-4-13(21)7-11)19(23-10)24-15-8-12(9-25)16(26)17(15)27/h2-7,12,15-17,25-27H,8-9H2,1H3,(H,22,23,24)/b6-5+/t12-,15-,16-,17+/m1/s1. The highest BCUT2D eigenvalue weighted by atomic mass is 35.5. The molecule has 6 nitrogen and oxygen atoms in total. The lowest BCUT2D eigenvalue weighted by atomic mass is 10.1. The minimum absolute atomic E-state index is 0.212. The number of benzene rings is 1. The van der Waals surface area contributed by atoms with Gasteiger partial charge in [-0.15, -0.1) is 0 Å². The third-order valence-corrected chi connectivity index (χ3v) is 4.95. The summed E-state index contributed by atoms with van der Waals surface area (Å²) in [7, 11) is 0. The number of hydrogen-bond acceptors (Lipinski definition) is 6. The van der Waals surface area contributed by atoms with Crippen LogP contribution in [0.25, 0.3) is 12.2 Å². The van der Waals surface area contributed by atoms with E-state index in [1.54, 1.807) is 31.2 Å². The molecule has 0 bridgehead atoms. The monoisotopic (exact) mass is 393 g/mol. The molecule has 0 spiro atoms. The maximum absolute atomic E-state index is 13.4. The van der Waals surface area contributed by atoms with Crippen molar-refractivity contribution < 1.29 is 19.7 Å². The summed E-state index contributed by atoms with van der Waals surface area (Å²) in [5, 5.41) is 32.9. The van der Waals surface area contributed by atoms with Crippen LogP contribution in [-0.4, -0.2) is 50.1 Å². The van der Waals surface area contributed by atoms with Crippen molar-refractivity contribution in [1.29, 1.82) is 0 Å². The van der Waals surface area contributed by atoms with Gasteiger partial charge in [0.2, 0.25) is 0 Å². The fraction of sp³-hybridized carbons (Fsp3) is 0.368. The van der Waals surface area contributed by atoms with Crippen molar-refractivity contribution in [2.75, 3.05) is 11.9 Å². The molecule has 1 aromatic carbocycles. The van der Waals surface area contributed by atoms with Crippen molar-refractivity contribution in [2.45, 2.75) is 31.6 Å². The summed E-state index contributed by atoms with van der Waals surface area (Å²) in [6.07, 6.45) is 1.67. The van der Waals surface area contributed by atoms with Crippen molar-refractivity contribution in [1.82, 2.24) is 9.97 Å². The predicted molar refractivity (Wildman–Crippen MR) is 102 cm³/mol. The molecule has 2 aromatic rings. The average molecular weight is 394 g/mol. The molecule has 1 aliphatic rings. The Morgan fingerprint density at radius 3 is 2.70 bits per heavy atom. The van der Waals surface area contributed by atoms with E-state index in [2.05, 4.69) is 15.3 Å². The number of aliphatic hydroxyl groups is 3. The third-order valence-electron chi connectivity index (χ3n) is 4.66. The highest BCUT2D eigenvalue weighted by Gasteiger charge is 2.41. The maximum atomic E-state index is 13.4. The molecule has 0 unspecified atom stereocenters. The van der Waals surface area contributed by atoms with Crippen LogP contribution in [0.5, 0.6) is 0 Å². The van der Waals surface area contributed by atoms with Gasteiger partial charge in [0.15, 0.2) is 0 Å². The third kappa shape index (κ3) is 4.44. The highest BCUT2D eigenvalue weighted by Crippen LogP contribution is 2.31. The number of halogens is 2. The zero-order valence-electron chi connectivity index (χ0n) is 14.7. The molecule has 0 saturated heterocycles. The SMILES string of the molecule is Cc1nc(Cl)c(/C=C/c2cccc(F)c2)c(N[C@@H]2C[C@H](CO)[C@@H](O)[C@H]2O)n1. The van der Waals surface area contributed by atoms with E-state index < -0.39 is 24.2 Å². The summed E-state index contributed by atoms with van der Waals surface area (Å²) in [5.74, 6) is 0.0780. The molecule has 144 valence electrons. The van der Waals surface area contributed by atoms with Gasteiger partial charge in [0, 0.05) is 12.5 Å². The molecule has 1 aliphatic carbocycles. The lowest BCUT2D eigenvalue weighted by Crippen LogP contribution is -2.35. The molecule has 0 amide bonds. The van der Waals surface area contributed by atoms with Crippen molar-refractivity contribution in [3.8, 4) is 0 Å². The van der Waals surface area contributed by atoms with Crippen molar-refractivity contribution >= 4 is 29.6 Å². The number of anilines is 1. The largest absolute Gasteiger partial charge is 0.396 e. The van der Waals surface area contributed by atoms with Crippen LogP contribution in [0.15, 0.2) is 24.3 Å². The van der Waals surface area contributed by atoms with Crippen LogP contribution in [0.3, 0.4) is 0 Å². The number of aliphatic hydroxyl groups excluding tert-OH is 3. The van der Waals surface area contributed by atoms with Gasteiger partial charge in [-0.25, -0.2) is 14.4 Å². The summed E-state index contributed by atoms with van der Waals surface area (Å²) >= 11 is 6.27. The van der Waals surface area contributed by atoms with Gasteiger partial charge in [0.05, 0.1) is 17.7 Å². The summed E-state index contributed by atoms with van der Waals surface area (Å²) in [6, 6.07) is 5.60. The van der Waals surface area contributed by atoms with Gasteiger partial charge >= 0.3 is 0 Å². The summed E-state index contributed by atoms with van der Waals surface area (Å²) in [4.78, 5) is 8.49. The second kappa shape index (κ2) is 8.31. The summed E-state index contributed by atoms with van der Waals surface area (Å²) in [5.41, 5.74) is 1.13. The predicted octanol–water partition coefficient (Wildman–Crippen LogP) is 2.26. The smallest absolute Gasteiger partial charge is 0.142 e. The molecule has 8 heteroatoms. The number of hydrogen-bond donors (Lipinski definition) is 4. The second-order valence-electron chi connectivity index (χ2n) is 6.62. The van der Waals surface area contributed by atoms with Gasteiger partial charge in [-0.05, 0) is 37.1 Å². The first-order valence-corrected chi connectivity index (χ1v) is 8.98. The van der Waals surface area contributed by atoms with Crippen LogP contribution in [0.4, 0.5) is 10.2 Å². The molecule has 1 heterocycles. The molecule has 4 atom stereocenters. The van der Waals surface area contributed by atoms with E-state index >= 15 is 0 Å². The lowest BCUT2D eigenvalue weighted by Gasteiger charge is -2.20. The van der Waals surface area contributed by atoms with E-state index in [-0.39, 0.29) is 17.6 Å². The number of rotatable bonds is 5. The van der Waals surface area contributed by atoms with Crippen molar-refractivity contribution in [3.63, 3.8) is 0 Å². The molecule has 4 N–H and O–H groups in total. The van der Waals surface area contributed by atoms with Crippen molar-refractivity contribution in [3.05, 3.63) is 52.2 Å². The Morgan fingerprint density at radius 1 is 1.26 bits per heavy atom.